The Bertz CT molecular complexity index is 518. The Balaban J connectivity index is 2.52. The van der Waals surface area contributed by atoms with E-state index >= 15 is 0 Å². The second-order valence-electron chi connectivity index (χ2n) is 6.48. The van der Waals surface area contributed by atoms with Crippen LogP contribution in [0.1, 0.15) is 59.3 Å². The molecular formula is C19H32N2O4S. The smallest absolute Gasteiger partial charge is 0.305 e. The molecule has 148 valence electrons. The minimum absolute atomic E-state index is 0.0656. The Morgan fingerprint density at radius 3 is 2.23 bits per heavy atom. The quantitative estimate of drug-likeness (QED) is 0.214. The molecule has 0 saturated carbocycles. The van der Waals surface area contributed by atoms with E-state index in [2.05, 4.69) is 30.7 Å². The maximum absolute atomic E-state index is 12.0. The van der Waals surface area contributed by atoms with Gasteiger partial charge in [0.15, 0.2) is 5.16 Å². The van der Waals surface area contributed by atoms with Crippen LogP contribution in [0.3, 0.4) is 0 Å². The maximum Gasteiger partial charge on any atom is 0.305 e. The number of thioether (sulfide) groups is 1. The van der Waals surface area contributed by atoms with Crippen molar-refractivity contribution in [2.45, 2.75) is 69.7 Å². The van der Waals surface area contributed by atoms with E-state index in [1.165, 1.54) is 31.0 Å². The summed E-state index contributed by atoms with van der Waals surface area (Å²) in [5.74, 6) is 1.08. The number of aromatic nitrogens is 2. The third kappa shape index (κ3) is 8.74. The second-order valence-corrected chi connectivity index (χ2v) is 7.69. The number of esters is 1. The fourth-order valence-corrected chi connectivity index (χ4v) is 3.23. The first kappa shape index (κ1) is 22.5. The van der Waals surface area contributed by atoms with Gasteiger partial charge in [-0.15, -0.1) is 0 Å². The van der Waals surface area contributed by atoms with Crippen molar-refractivity contribution in [1.82, 2.24) is 9.97 Å². The number of hydrogen-bond acceptors (Lipinski definition) is 7. The van der Waals surface area contributed by atoms with Gasteiger partial charge in [0.2, 0.25) is 11.8 Å². The van der Waals surface area contributed by atoms with Crippen LogP contribution in [0.4, 0.5) is 0 Å². The normalized spacial score (nSPS) is 12.1. The number of carbonyl (C=O) groups excluding carboxylic acids is 1. The Labute approximate surface area is 161 Å². The van der Waals surface area contributed by atoms with Gasteiger partial charge in [0.05, 0.1) is 20.3 Å². The van der Waals surface area contributed by atoms with Crippen LogP contribution in [0.5, 0.6) is 11.8 Å². The largest absolute Gasteiger partial charge is 0.481 e. The molecule has 0 spiro atoms. The van der Waals surface area contributed by atoms with Crippen molar-refractivity contribution >= 4 is 17.7 Å². The molecule has 1 atom stereocenters. The van der Waals surface area contributed by atoms with E-state index < -0.39 is 0 Å². The van der Waals surface area contributed by atoms with Crippen molar-refractivity contribution in [1.29, 1.82) is 0 Å². The molecule has 7 heteroatoms. The van der Waals surface area contributed by atoms with Gasteiger partial charge < -0.3 is 14.2 Å². The summed E-state index contributed by atoms with van der Waals surface area (Å²) < 4.78 is 15.8. The molecule has 0 N–H and O–H groups in total. The standard InChI is InChI=1S/C19H32N2O4S/c1-6-7-8-9-10-11-18(22)25-13-15(14(2)3)26-19-20-16(23-4)12-17(21-19)24-5/h12,14-15H,6-11,13H2,1-5H3. The number of nitrogens with zero attached hydrogens (tertiary/aromatic N) is 2. The van der Waals surface area contributed by atoms with Crippen LogP contribution >= 0.6 is 11.8 Å². The van der Waals surface area contributed by atoms with Crippen LogP contribution < -0.4 is 9.47 Å². The average Bonchev–Trinajstić information content (AvgIpc) is 2.64. The van der Waals surface area contributed by atoms with Crippen LogP contribution in [0.15, 0.2) is 11.2 Å². The highest BCUT2D eigenvalue weighted by Crippen LogP contribution is 2.29. The molecule has 0 aliphatic heterocycles. The lowest BCUT2D eigenvalue weighted by atomic mass is 10.1. The molecule has 0 aliphatic rings. The van der Waals surface area contributed by atoms with Gasteiger partial charge in [-0.3, -0.25) is 4.79 Å². The molecule has 1 aromatic rings. The number of unbranched alkanes of at least 4 members (excludes halogenated alkanes) is 4. The molecule has 0 aliphatic carbocycles. The molecule has 0 amide bonds. The Kier molecular flexibility index (Phi) is 11.1. The minimum atomic E-state index is -0.128. The Hall–Kier alpha value is -1.50. The van der Waals surface area contributed by atoms with Crippen LogP contribution in [0.25, 0.3) is 0 Å². The highest BCUT2D eigenvalue weighted by atomic mass is 32.2. The van der Waals surface area contributed by atoms with E-state index in [1.54, 1.807) is 20.3 Å². The molecule has 0 bridgehead atoms. The average molecular weight is 385 g/mol. The molecule has 1 heterocycles. The van der Waals surface area contributed by atoms with Gasteiger partial charge in [-0.2, -0.15) is 9.97 Å². The molecule has 1 unspecified atom stereocenters. The van der Waals surface area contributed by atoms with E-state index in [0.29, 0.717) is 35.9 Å². The lowest BCUT2D eigenvalue weighted by molar-refractivity contribution is -0.143. The molecule has 0 fully saturated rings. The summed E-state index contributed by atoms with van der Waals surface area (Å²) >= 11 is 1.47. The fourth-order valence-electron chi connectivity index (χ4n) is 2.26. The maximum atomic E-state index is 12.0. The van der Waals surface area contributed by atoms with Crippen molar-refractivity contribution < 1.29 is 19.0 Å². The number of ether oxygens (including phenoxy) is 3. The number of hydrogen-bond donors (Lipinski definition) is 0. The lowest BCUT2D eigenvalue weighted by Crippen LogP contribution is -2.21. The van der Waals surface area contributed by atoms with Gasteiger partial charge in [-0.05, 0) is 12.3 Å². The van der Waals surface area contributed by atoms with Crippen molar-refractivity contribution in [2.24, 2.45) is 5.92 Å². The molecule has 1 rings (SSSR count). The zero-order chi connectivity index (χ0) is 19.4. The van der Waals surface area contributed by atoms with Gasteiger partial charge in [0.25, 0.3) is 0 Å². The predicted octanol–water partition coefficient (Wildman–Crippen LogP) is 4.51. The monoisotopic (exact) mass is 384 g/mol. The molecule has 0 radical (unpaired) electrons. The van der Waals surface area contributed by atoms with Crippen LogP contribution in [0.2, 0.25) is 0 Å². The molecule has 0 aromatic carbocycles. The molecule has 26 heavy (non-hydrogen) atoms. The van der Waals surface area contributed by atoms with Gasteiger partial charge in [0, 0.05) is 11.7 Å². The van der Waals surface area contributed by atoms with Crippen molar-refractivity contribution in [2.75, 3.05) is 20.8 Å². The van der Waals surface area contributed by atoms with Crippen LogP contribution in [-0.2, 0) is 9.53 Å². The minimum Gasteiger partial charge on any atom is -0.481 e. The summed E-state index contributed by atoms with van der Waals surface area (Å²) in [6.07, 6.45) is 6.09. The summed E-state index contributed by atoms with van der Waals surface area (Å²) in [6.45, 7) is 6.71. The van der Waals surface area contributed by atoms with E-state index in [0.717, 1.165) is 12.8 Å². The summed E-state index contributed by atoms with van der Waals surface area (Å²) in [6, 6.07) is 1.63. The summed E-state index contributed by atoms with van der Waals surface area (Å²) in [7, 11) is 3.11. The molecule has 6 nitrogen and oxygen atoms in total. The summed E-state index contributed by atoms with van der Waals surface area (Å²) in [4.78, 5) is 20.6. The van der Waals surface area contributed by atoms with Gasteiger partial charge in [-0.1, -0.05) is 58.2 Å². The fraction of sp³-hybridized carbons (Fsp3) is 0.737. The van der Waals surface area contributed by atoms with Crippen molar-refractivity contribution in [3.8, 4) is 11.8 Å². The van der Waals surface area contributed by atoms with E-state index in [-0.39, 0.29) is 11.2 Å². The third-order valence-electron chi connectivity index (χ3n) is 3.97. The zero-order valence-electron chi connectivity index (χ0n) is 16.6. The summed E-state index contributed by atoms with van der Waals surface area (Å²) in [5, 5.41) is 0.617. The predicted molar refractivity (Wildman–Crippen MR) is 104 cm³/mol. The topological polar surface area (TPSA) is 70.5 Å². The van der Waals surface area contributed by atoms with Gasteiger partial charge in [-0.25, -0.2) is 0 Å². The highest BCUT2D eigenvalue weighted by Gasteiger charge is 2.20. The first-order valence-electron chi connectivity index (χ1n) is 9.29. The Morgan fingerprint density at radius 1 is 1.08 bits per heavy atom. The molecule has 0 saturated heterocycles. The SMILES string of the molecule is CCCCCCCC(=O)OCC(Sc1nc(OC)cc(OC)n1)C(C)C. The summed E-state index contributed by atoms with van der Waals surface area (Å²) in [5.41, 5.74) is 0. The third-order valence-corrected chi connectivity index (χ3v) is 5.35. The molecule has 1 aromatic heterocycles. The number of methoxy groups -OCH3 is 2. The first-order chi connectivity index (χ1) is 12.5. The van der Waals surface area contributed by atoms with Crippen LogP contribution in [-0.4, -0.2) is 42.0 Å². The second kappa shape index (κ2) is 12.8. The van der Waals surface area contributed by atoms with Crippen molar-refractivity contribution in [3.63, 3.8) is 0 Å². The molecular weight excluding hydrogens is 352 g/mol. The lowest BCUT2D eigenvalue weighted by Gasteiger charge is -2.19. The van der Waals surface area contributed by atoms with E-state index in [9.17, 15) is 4.79 Å². The first-order valence-corrected chi connectivity index (χ1v) is 10.2. The zero-order valence-corrected chi connectivity index (χ0v) is 17.4. The van der Waals surface area contributed by atoms with Gasteiger partial charge >= 0.3 is 5.97 Å². The Morgan fingerprint density at radius 2 is 1.69 bits per heavy atom. The van der Waals surface area contributed by atoms with Gasteiger partial charge in [0.1, 0.15) is 6.61 Å². The van der Waals surface area contributed by atoms with E-state index in [4.69, 9.17) is 14.2 Å². The number of carbonyl (C=O) groups is 1. The van der Waals surface area contributed by atoms with Crippen LogP contribution in [0, 0.1) is 5.92 Å². The number of rotatable bonds is 13. The van der Waals surface area contributed by atoms with Crippen molar-refractivity contribution in [3.05, 3.63) is 6.07 Å². The van der Waals surface area contributed by atoms with E-state index in [1.807, 2.05) is 0 Å². The highest BCUT2D eigenvalue weighted by molar-refractivity contribution is 7.99.